The van der Waals surface area contributed by atoms with Crippen LogP contribution in [0.1, 0.15) is 134 Å². The minimum atomic E-state index is 0.905. The third-order valence-corrected chi connectivity index (χ3v) is 29.9. The van der Waals surface area contributed by atoms with E-state index in [1.807, 2.05) is 55.5 Å². The van der Waals surface area contributed by atoms with Crippen molar-refractivity contribution in [1.82, 2.24) is 47.8 Å². The maximum Gasteiger partial charge on any atom is 0.294 e. The summed E-state index contributed by atoms with van der Waals surface area (Å²) in [5.74, 6) is 6.41. The van der Waals surface area contributed by atoms with Gasteiger partial charge in [0.1, 0.15) is 123 Å². The highest BCUT2D eigenvalue weighted by Crippen LogP contribution is 2.51. The maximum atomic E-state index is 4.79. The van der Waals surface area contributed by atoms with Crippen molar-refractivity contribution in [3.05, 3.63) is 445 Å². The molecule has 0 fully saturated rings. The molecule has 0 saturated heterocycles. The fourth-order valence-electron chi connectivity index (χ4n) is 24.6. The van der Waals surface area contributed by atoms with Crippen LogP contribution < -0.4 is 22.8 Å². The molecule has 0 atom stereocenters. The molecule has 644 valence electrons. The van der Waals surface area contributed by atoms with Crippen LogP contribution >= 0.6 is 0 Å². The first kappa shape index (κ1) is 79.0. The summed E-state index contributed by atoms with van der Waals surface area (Å²) in [5, 5.41) is 0. The first-order chi connectivity index (χ1) is 65.7. The Morgan fingerprint density at radius 2 is 0.552 bits per heavy atom. The predicted octanol–water partition coefficient (Wildman–Crippen LogP) is 21.6. The zero-order valence-corrected chi connectivity index (χ0v) is 76.7. The molecular weight excluding hydrogens is 1640 g/mol. The van der Waals surface area contributed by atoms with Gasteiger partial charge >= 0.3 is 0 Å². The third-order valence-electron chi connectivity index (χ3n) is 29.9. The van der Waals surface area contributed by atoms with Gasteiger partial charge in [-0.1, -0.05) is 152 Å². The van der Waals surface area contributed by atoms with Gasteiger partial charge in [-0.15, -0.1) is 0 Å². The number of hydrogen-bond acceptors (Lipinski definition) is 5. The lowest BCUT2D eigenvalue weighted by Crippen LogP contribution is -2.30. The van der Waals surface area contributed by atoms with E-state index in [-0.39, 0.29) is 0 Å². The zero-order chi connectivity index (χ0) is 89.7. The van der Waals surface area contributed by atoms with Gasteiger partial charge in [0, 0.05) is 159 Å². The van der Waals surface area contributed by atoms with Crippen LogP contribution in [0, 0.1) is 62.3 Å². The lowest BCUT2D eigenvalue weighted by Gasteiger charge is -2.13. The molecule has 10 aromatic carbocycles. The van der Waals surface area contributed by atoms with Crippen LogP contribution in [-0.2, 0) is 64.8 Å². The van der Waals surface area contributed by atoms with Crippen LogP contribution in [0.15, 0.2) is 312 Å². The molecule has 0 N–H and O–H groups in total. The van der Waals surface area contributed by atoms with Gasteiger partial charge in [-0.05, 0) is 206 Å². The van der Waals surface area contributed by atoms with Gasteiger partial charge in [-0.2, -0.15) is 22.8 Å². The summed E-state index contributed by atoms with van der Waals surface area (Å²) in [6.07, 6.45) is 40.6. The molecule has 10 aliphatic rings. The number of fused-ring (bicyclic) bond motifs is 30. The van der Waals surface area contributed by atoms with E-state index in [1.54, 1.807) is 0 Å². The summed E-state index contributed by atoms with van der Waals surface area (Å²) in [7, 11) is 0. The first-order valence-corrected chi connectivity index (χ1v) is 47.0. The van der Waals surface area contributed by atoms with Crippen molar-refractivity contribution in [3.8, 4) is 141 Å². The fourth-order valence-corrected chi connectivity index (χ4v) is 24.6. The normalized spacial score (nSPS) is 13.3. The quantitative estimate of drug-likeness (QED) is 0.160. The van der Waals surface area contributed by atoms with E-state index in [2.05, 4.69) is 379 Å². The fraction of sp³-hybridized carbons (Fsp3) is 0.160. The van der Waals surface area contributed by atoms with E-state index in [4.69, 9.17) is 9.97 Å². The lowest BCUT2D eigenvalue weighted by molar-refractivity contribution is -0.671. The van der Waals surface area contributed by atoms with Crippen LogP contribution in [0.25, 0.3) is 141 Å². The molecule has 15 heterocycles. The van der Waals surface area contributed by atoms with Crippen molar-refractivity contribution in [1.29, 1.82) is 0 Å². The Balaban J connectivity index is 0.0000000873. The van der Waals surface area contributed by atoms with E-state index in [0.717, 1.165) is 76.2 Å². The number of aryl methyl sites for hydroxylation is 9. The minimum absolute atomic E-state index is 0.905. The molecule has 0 unspecified atom stereocenters. The molecule has 5 aliphatic carbocycles. The van der Waals surface area contributed by atoms with Gasteiger partial charge in [0.05, 0.1) is 44.9 Å². The van der Waals surface area contributed by atoms with E-state index < -0.39 is 0 Å². The summed E-state index contributed by atoms with van der Waals surface area (Å²) in [6, 6.07) is 74.5. The molecule has 5 aliphatic heterocycles. The molecule has 15 nitrogen and oxygen atoms in total. The van der Waals surface area contributed by atoms with E-state index in [1.165, 1.54) is 264 Å². The molecule has 0 radical (unpaired) electrons. The number of benzene rings is 10. The average molecular weight is 1740 g/mol. The number of hydrogen-bond donors (Lipinski definition) is 0. The summed E-state index contributed by atoms with van der Waals surface area (Å²) in [5.41, 5.74) is 58.7. The van der Waals surface area contributed by atoms with Crippen molar-refractivity contribution in [3.63, 3.8) is 0 Å². The highest BCUT2D eigenvalue weighted by molar-refractivity contribution is 5.89. The van der Waals surface area contributed by atoms with Crippen LogP contribution in [0.5, 0.6) is 0 Å². The number of nitrogens with zero attached hydrogens (tertiary/aromatic N) is 15. The maximum absolute atomic E-state index is 4.79. The Hall–Kier alpha value is -16.0. The molecule has 30 rings (SSSR count). The van der Waals surface area contributed by atoms with Gasteiger partial charge in [0.25, 0.3) is 29.1 Å². The third kappa shape index (κ3) is 12.1. The van der Waals surface area contributed by atoms with Crippen molar-refractivity contribution >= 4 is 0 Å². The van der Waals surface area contributed by atoms with Gasteiger partial charge in [0.15, 0.2) is 0 Å². The van der Waals surface area contributed by atoms with Gasteiger partial charge in [0.2, 0.25) is 0 Å². The van der Waals surface area contributed by atoms with Crippen molar-refractivity contribution in [2.45, 2.75) is 127 Å². The second-order valence-corrected chi connectivity index (χ2v) is 38.0. The second kappa shape index (κ2) is 30.6. The molecule has 134 heavy (non-hydrogen) atoms. The smallest absolute Gasteiger partial charge is 0.264 e. The Labute approximate surface area is 779 Å². The Morgan fingerprint density at radius 1 is 0.224 bits per heavy atom. The van der Waals surface area contributed by atoms with Gasteiger partial charge in [-0.25, -0.2) is 22.8 Å². The molecule has 20 aromatic rings. The molecule has 10 aromatic heterocycles. The van der Waals surface area contributed by atoms with Crippen LogP contribution in [0.3, 0.4) is 0 Å². The number of imidazole rings is 5. The zero-order valence-electron chi connectivity index (χ0n) is 76.7. The van der Waals surface area contributed by atoms with E-state index in [9.17, 15) is 0 Å². The van der Waals surface area contributed by atoms with E-state index in [0.29, 0.717) is 0 Å². The first-order valence-electron chi connectivity index (χ1n) is 47.0. The van der Waals surface area contributed by atoms with Crippen LogP contribution in [-0.4, -0.2) is 47.8 Å². The number of aromatic nitrogens is 15. The Morgan fingerprint density at radius 3 is 1.02 bits per heavy atom. The molecule has 15 heteroatoms. The predicted molar refractivity (Wildman–Crippen MR) is 525 cm³/mol. The summed E-state index contributed by atoms with van der Waals surface area (Å²) < 4.78 is 23.7. The van der Waals surface area contributed by atoms with Crippen molar-refractivity contribution in [2.75, 3.05) is 0 Å². The van der Waals surface area contributed by atoms with Crippen molar-refractivity contribution in [2.24, 2.45) is 0 Å². The van der Waals surface area contributed by atoms with Gasteiger partial charge < -0.3 is 0 Å². The standard InChI is InChI=1S/4C24H20N3.C23H18N3/c1-15-12-16(2)23(20-13-17-7-5-9-25-22(17)21(15)20)27-11-10-26-14-18-6-3-4-8-19(18)24(26)27;1-15-12-16(2)23(20-13-21-19(22(15)20)8-5-9-25-21)27-11-10-26-14-17-6-3-4-7-18(17)24(26)27;1-15-11-16(2)23(20-12-17-7-8-25-13-21(17)22(15)20)27-10-9-26-14-18-5-3-4-6-19(18)24(26)27;1-15-11-16(2)23(21-12-18-13-25-8-7-19(18)22(15)21)27-10-9-26-14-17-5-3-4-6-20(17)24(26)27;1-15-13-24-21-18-8-4-2-6-16(18)12-20(21)22(15)26-11-10-25-14-17-7-3-5-9-19(17)23(25)26/h2*3-12H,13-14H2,1-2H3;2*3-11,13H,12,14H2,1-2H3;2-11,13H,12,14H2,1H3/q5*+1. The average Bonchev–Trinajstić information content (AvgIpc) is 1.59. The summed E-state index contributed by atoms with van der Waals surface area (Å²) in [6.45, 7) is 24.8. The van der Waals surface area contributed by atoms with Crippen LogP contribution in [0.4, 0.5) is 0 Å². The summed E-state index contributed by atoms with van der Waals surface area (Å²) >= 11 is 0. The molecule has 0 saturated carbocycles. The number of pyridine rings is 5. The second-order valence-electron chi connectivity index (χ2n) is 38.0. The monoisotopic (exact) mass is 1740 g/mol. The highest BCUT2D eigenvalue weighted by Gasteiger charge is 2.42. The summed E-state index contributed by atoms with van der Waals surface area (Å²) in [4.78, 5) is 22.9. The molecular formula is C119H98N15+5. The molecule has 0 spiro atoms. The van der Waals surface area contributed by atoms with Crippen LogP contribution in [0.2, 0.25) is 0 Å². The number of rotatable bonds is 5. The topological polar surface area (TPSA) is 108 Å². The largest absolute Gasteiger partial charge is 0.294 e. The molecule has 0 amide bonds. The molecule has 0 bridgehead atoms. The van der Waals surface area contributed by atoms with Gasteiger partial charge in [-0.3, -0.25) is 24.9 Å². The highest BCUT2D eigenvalue weighted by atomic mass is 15.2. The SMILES string of the molecule is Cc1cc(C)c(-n2cc[n+]3c2-c2ccccc2C3)c2c1-c1cccnc1C2.Cc1cc(C)c(-n2cc[n+]3c2-c2ccccc2C3)c2c1-c1ccncc1C2.Cc1cc(C)c(-n2cc[n+]3c2-c2ccccc2C3)c2c1-c1cnccc1C2.Cc1cc(C)c(-n2cc[n+]3c2-c2ccccc2C3)c2c1-c1ncccc1C2.Cc1cnc2c(c1-n1cc[n+]3c1-c1ccccc1C3)Cc1ccccc1-2. The minimum Gasteiger partial charge on any atom is -0.264 e. The Kier molecular flexibility index (Phi) is 18.0. The van der Waals surface area contributed by atoms with Crippen molar-refractivity contribution < 1.29 is 22.8 Å². The lowest BCUT2D eigenvalue weighted by atomic mass is 9.96. The Bertz CT molecular complexity index is 7670. The van der Waals surface area contributed by atoms with E-state index >= 15 is 0 Å².